The molecule has 2 N–H and O–H groups in total. The number of pyridine rings is 1. The number of aromatic nitrogens is 1. The number of rotatable bonds is 2. The van der Waals surface area contributed by atoms with E-state index >= 15 is 0 Å². The molecule has 0 amide bonds. The SMILES string of the molecule is O=c1[nH]ccc(O)c1S(=O)(=O)C1=CC=CCC1=S. The van der Waals surface area contributed by atoms with Crippen LogP contribution in [0.25, 0.3) is 0 Å². The Bertz CT molecular complexity index is 726. The molecule has 7 heteroatoms. The van der Waals surface area contributed by atoms with Crippen LogP contribution in [0.15, 0.2) is 45.1 Å². The van der Waals surface area contributed by atoms with Crippen LogP contribution >= 0.6 is 12.2 Å². The molecule has 0 spiro atoms. The van der Waals surface area contributed by atoms with Crippen LogP contribution in [-0.4, -0.2) is 23.4 Å². The van der Waals surface area contributed by atoms with Gasteiger partial charge in [0, 0.05) is 17.5 Å². The molecule has 1 aromatic heterocycles. The summed E-state index contributed by atoms with van der Waals surface area (Å²) in [4.78, 5) is 13.2. The molecule has 0 aromatic carbocycles. The van der Waals surface area contributed by atoms with Gasteiger partial charge in [-0.3, -0.25) is 4.79 Å². The van der Waals surface area contributed by atoms with Gasteiger partial charge in [0.1, 0.15) is 5.75 Å². The molecule has 1 heterocycles. The van der Waals surface area contributed by atoms with Gasteiger partial charge in [0.2, 0.25) is 9.84 Å². The van der Waals surface area contributed by atoms with Crippen molar-refractivity contribution < 1.29 is 13.5 Å². The maximum absolute atomic E-state index is 12.3. The van der Waals surface area contributed by atoms with Gasteiger partial charge in [0.05, 0.1) is 4.91 Å². The third-order valence-electron chi connectivity index (χ3n) is 2.41. The average Bonchev–Trinajstić information content (AvgIpc) is 2.28. The van der Waals surface area contributed by atoms with E-state index in [0.29, 0.717) is 6.42 Å². The highest BCUT2D eigenvalue weighted by Crippen LogP contribution is 2.27. The molecule has 0 fully saturated rings. The van der Waals surface area contributed by atoms with Gasteiger partial charge in [-0.1, -0.05) is 24.4 Å². The van der Waals surface area contributed by atoms with Crippen molar-refractivity contribution in [1.29, 1.82) is 0 Å². The van der Waals surface area contributed by atoms with E-state index in [4.69, 9.17) is 12.2 Å². The van der Waals surface area contributed by atoms with Gasteiger partial charge in [0.15, 0.2) is 4.90 Å². The Hall–Kier alpha value is -1.73. The van der Waals surface area contributed by atoms with Crippen molar-refractivity contribution >= 4 is 26.9 Å². The Morgan fingerprint density at radius 1 is 1.39 bits per heavy atom. The van der Waals surface area contributed by atoms with Gasteiger partial charge in [-0.2, -0.15) is 0 Å². The minimum atomic E-state index is -4.10. The smallest absolute Gasteiger partial charge is 0.270 e. The van der Waals surface area contributed by atoms with Crippen LogP contribution in [0.1, 0.15) is 6.42 Å². The maximum atomic E-state index is 12.3. The number of aromatic amines is 1. The largest absolute Gasteiger partial charge is 0.506 e. The van der Waals surface area contributed by atoms with Gasteiger partial charge >= 0.3 is 0 Å². The normalized spacial score (nSPS) is 15.6. The average molecular weight is 283 g/mol. The van der Waals surface area contributed by atoms with Crippen molar-refractivity contribution in [3.8, 4) is 5.75 Å². The molecule has 18 heavy (non-hydrogen) atoms. The van der Waals surface area contributed by atoms with Crippen LogP contribution in [0.5, 0.6) is 5.75 Å². The molecule has 0 unspecified atom stereocenters. The predicted molar refractivity (Wildman–Crippen MR) is 70.4 cm³/mol. The Labute approximate surface area is 108 Å². The number of hydrogen-bond donors (Lipinski definition) is 2. The third-order valence-corrected chi connectivity index (χ3v) is 4.82. The first kappa shape index (κ1) is 12.7. The highest BCUT2D eigenvalue weighted by Gasteiger charge is 2.29. The number of H-pyrrole nitrogens is 1. The van der Waals surface area contributed by atoms with Gasteiger partial charge in [-0.15, -0.1) is 0 Å². The number of thiocarbonyl (C=S) groups is 1. The molecule has 0 bridgehead atoms. The zero-order valence-corrected chi connectivity index (χ0v) is 10.7. The molecule has 1 aliphatic carbocycles. The van der Waals surface area contributed by atoms with Gasteiger partial charge < -0.3 is 10.1 Å². The van der Waals surface area contributed by atoms with Gasteiger partial charge in [0.25, 0.3) is 5.56 Å². The number of nitrogens with one attached hydrogen (secondary N) is 1. The van der Waals surface area contributed by atoms with E-state index in [1.54, 1.807) is 12.2 Å². The molecule has 0 radical (unpaired) electrons. The number of hydrogen-bond acceptors (Lipinski definition) is 5. The van der Waals surface area contributed by atoms with Gasteiger partial charge in [-0.05, 0) is 12.1 Å². The lowest BCUT2D eigenvalue weighted by atomic mass is 10.2. The Balaban J connectivity index is 2.70. The second-order valence-electron chi connectivity index (χ2n) is 3.61. The molecule has 0 saturated carbocycles. The highest BCUT2D eigenvalue weighted by atomic mass is 32.2. The zero-order chi connectivity index (χ0) is 13.3. The number of aromatic hydroxyl groups is 1. The second kappa shape index (κ2) is 4.51. The summed E-state index contributed by atoms with van der Waals surface area (Å²) in [7, 11) is -4.10. The lowest BCUT2D eigenvalue weighted by Gasteiger charge is -2.11. The molecule has 1 aromatic rings. The molecular weight excluding hydrogens is 274 g/mol. The summed E-state index contributed by atoms with van der Waals surface area (Å²) >= 11 is 4.97. The van der Waals surface area contributed by atoms with E-state index in [-0.39, 0.29) is 9.77 Å². The summed E-state index contributed by atoms with van der Waals surface area (Å²) in [6.45, 7) is 0. The third kappa shape index (κ3) is 2.02. The number of sulfone groups is 1. The molecule has 94 valence electrons. The minimum absolute atomic E-state index is 0.119. The van der Waals surface area contributed by atoms with Crippen LogP contribution < -0.4 is 5.56 Å². The second-order valence-corrected chi connectivity index (χ2v) is 5.96. The summed E-state index contributed by atoms with van der Waals surface area (Å²) in [5.74, 6) is -0.586. The molecule has 0 atom stereocenters. The van der Waals surface area contributed by atoms with E-state index in [9.17, 15) is 18.3 Å². The van der Waals surface area contributed by atoms with Crippen molar-refractivity contribution in [2.75, 3.05) is 0 Å². The lowest BCUT2D eigenvalue weighted by molar-refractivity contribution is 0.456. The van der Waals surface area contributed by atoms with Crippen LogP contribution in [0.2, 0.25) is 0 Å². The van der Waals surface area contributed by atoms with Crippen molar-refractivity contribution in [1.82, 2.24) is 4.98 Å². The number of allylic oxidation sites excluding steroid dienone is 4. The van der Waals surface area contributed by atoms with Crippen LogP contribution in [0.3, 0.4) is 0 Å². The fraction of sp³-hybridized carbons (Fsp3) is 0.0909. The molecule has 0 saturated heterocycles. The fourth-order valence-electron chi connectivity index (χ4n) is 1.59. The summed E-state index contributed by atoms with van der Waals surface area (Å²) in [6.07, 6.45) is 6.09. The van der Waals surface area contributed by atoms with E-state index < -0.39 is 26.0 Å². The monoisotopic (exact) mass is 283 g/mol. The summed E-state index contributed by atoms with van der Waals surface area (Å²) in [5.41, 5.74) is -0.867. The highest BCUT2D eigenvalue weighted by molar-refractivity contribution is 7.98. The standard InChI is InChI=1S/C11H9NO4S2/c13-7-5-6-12-11(14)10(7)18(15,16)9-4-2-1-3-8(9)17/h1-2,4-6H,3H2,(H2,12,13,14). The molecule has 5 nitrogen and oxygen atoms in total. The van der Waals surface area contributed by atoms with Gasteiger partial charge in [-0.25, -0.2) is 8.42 Å². The quantitative estimate of drug-likeness (QED) is 0.793. The molecule has 0 aliphatic heterocycles. The van der Waals surface area contributed by atoms with Crippen LogP contribution in [0.4, 0.5) is 0 Å². The Kier molecular flexibility index (Phi) is 3.18. The summed E-state index contributed by atoms with van der Waals surface area (Å²) in [6, 6.07) is 1.11. The van der Waals surface area contributed by atoms with E-state index in [1.807, 2.05) is 0 Å². The lowest BCUT2D eigenvalue weighted by Crippen LogP contribution is -2.21. The topological polar surface area (TPSA) is 87.2 Å². The van der Waals surface area contributed by atoms with Crippen LogP contribution in [0, 0.1) is 0 Å². The first-order chi connectivity index (χ1) is 8.44. The Morgan fingerprint density at radius 3 is 2.72 bits per heavy atom. The fourth-order valence-corrected chi connectivity index (χ4v) is 3.59. The van der Waals surface area contributed by atoms with E-state index in [2.05, 4.69) is 4.98 Å². The molecule has 1 aliphatic rings. The van der Waals surface area contributed by atoms with E-state index in [0.717, 1.165) is 6.07 Å². The molecular formula is C11H9NO4S2. The Morgan fingerprint density at radius 2 is 2.11 bits per heavy atom. The zero-order valence-electron chi connectivity index (χ0n) is 9.08. The summed E-state index contributed by atoms with van der Waals surface area (Å²) in [5, 5.41) is 9.56. The minimum Gasteiger partial charge on any atom is -0.506 e. The van der Waals surface area contributed by atoms with E-state index in [1.165, 1.54) is 12.3 Å². The van der Waals surface area contributed by atoms with Crippen molar-refractivity contribution in [3.63, 3.8) is 0 Å². The maximum Gasteiger partial charge on any atom is 0.270 e. The van der Waals surface area contributed by atoms with Crippen molar-refractivity contribution in [2.24, 2.45) is 0 Å². The van der Waals surface area contributed by atoms with Crippen molar-refractivity contribution in [2.45, 2.75) is 11.3 Å². The summed E-state index contributed by atoms with van der Waals surface area (Å²) < 4.78 is 24.5. The molecule has 2 rings (SSSR count). The first-order valence-electron chi connectivity index (χ1n) is 5.00. The van der Waals surface area contributed by atoms with Crippen LogP contribution in [-0.2, 0) is 9.84 Å². The predicted octanol–water partition coefficient (Wildman–Crippen LogP) is 1.07. The van der Waals surface area contributed by atoms with Crippen molar-refractivity contribution in [3.05, 3.63) is 45.8 Å². The first-order valence-corrected chi connectivity index (χ1v) is 6.89.